The number of halogens is 1. The van der Waals surface area contributed by atoms with E-state index in [4.69, 9.17) is 4.74 Å². The molecule has 1 aliphatic heterocycles. The van der Waals surface area contributed by atoms with Crippen LogP contribution in [-0.2, 0) is 25.5 Å². The third-order valence-corrected chi connectivity index (χ3v) is 3.98. The molecule has 2 rings (SSSR count). The molecule has 0 unspecified atom stereocenters. The molecule has 0 aliphatic carbocycles. The lowest BCUT2D eigenvalue weighted by molar-refractivity contribution is -0.147. The number of esters is 1. The summed E-state index contributed by atoms with van der Waals surface area (Å²) in [6, 6.07) is 5.38. The van der Waals surface area contributed by atoms with Gasteiger partial charge in [0.25, 0.3) is 11.1 Å². The Morgan fingerprint density at radius 1 is 1.25 bits per heavy atom. The lowest BCUT2D eigenvalue weighted by atomic mass is 10.1. The second kappa shape index (κ2) is 8.44. The van der Waals surface area contributed by atoms with E-state index in [0.29, 0.717) is 5.56 Å². The summed E-state index contributed by atoms with van der Waals surface area (Å²) >= 11 is 0.920. The number of nitrogens with zero attached hydrogens (tertiary/aromatic N) is 1. The van der Waals surface area contributed by atoms with E-state index in [-0.39, 0.29) is 36.4 Å². The monoisotopic (exact) mass is 354 g/mol. The summed E-state index contributed by atoms with van der Waals surface area (Å²) in [6.45, 7) is -0.289. The van der Waals surface area contributed by atoms with Gasteiger partial charge >= 0.3 is 5.97 Å². The Balaban J connectivity index is 1.63. The summed E-state index contributed by atoms with van der Waals surface area (Å²) in [5, 5.41) is 2.12. The number of hydrogen-bond donors (Lipinski definition) is 1. The lowest BCUT2D eigenvalue weighted by Crippen LogP contribution is -2.38. The minimum atomic E-state index is -0.613. The zero-order valence-electron chi connectivity index (χ0n) is 12.6. The molecule has 0 bridgehead atoms. The zero-order valence-corrected chi connectivity index (χ0v) is 13.4. The molecule has 128 valence electrons. The Morgan fingerprint density at radius 2 is 1.96 bits per heavy atom. The predicted octanol–water partition coefficient (Wildman–Crippen LogP) is 0.723. The van der Waals surface area contributed by atoms with Crippen molar-refractivity contribution in [1.29, 1.82) is 0 Å². The molecule has 0 aromatic heterocycles. The van der Waals surface area contributed by atoms with E-state index in [1.165, 1.54) is 24.3 Å². The van der Waals surface area contributed by atoms with Crippen molar-refractivity contribution in [1.82, 2.24) is 10.2 Å². The van der Waals surface area contributed by atoms with Gasteiger partial charge in [0.05, 0.1) is 12.2 Å². The van der Waals surface area contributed by atoms with Gasteiger partial charge in [-0.1, -0.05) is 23.9 Å². The number of benzene rings is 1. The van der Waals surface area contributed by atoms with Crippen LogP contribution < -0.4 is 5.32 Å². The number of carbonyl (C=O) groups excluding carboxylic acids is 4. The first-order valence-corrected chi connectivity index (χ1v) is 8.08. The standard InChI is InChI=1S/C15H15FN2O5S/c16-11-3-1-10(2-4-11)7-14(21)23-8-12(19)17-5-6-18-13(20)9-24-15(18)22/h1-4H,5-9H2,(H,17,19). The van der Waals surface area contributed by atoms with Crippen LogP contribution in [0.1, 0.15) is 5.56 Å². The molecule has 7 nitrogen and oxygen atoms in total. The zero-order chi connectivity index (χ0) is 17.5. The molecule has 1 fully saturated rings. The van der Waals surface area contributed by atoms with Crippen molar-refractivity contribution >= 4 is 34.8 Å². The molecule has 1 N–H and O–H groups in total. The number of hydrogen-bond acceptors (Lipinski definition) is 6. The van der Waals surface area contributed by atoms with Gasteiger partial charge in [-0.05, 0) is 17.7 Å². The first-order valence-electron chi connectivity index (χ1n) is 7.09. The largest absolute Gasteiger partial charge is 0.455 e. The Morgan fingerprint density at radius 3 is 2.58 bits per heavy atom. The Hall–Kier alpha value is -2.42. The molecular formula is C15H15FN2O5S. The van der Waals surface area contributed by atoms with Gasteiger partial charge in [-0.3, -0.25) is 24.1 Å². The lowest BCUT2D eigenvalue weighted by Gasteiger charge is -2.13. The fourth-order valence-electron chi connectivity index (χ4n) is 1.92. The van der Waals surface area contributed by atoms with Crippen molar-refractivity contribution in [2.75, 3.05) is 25.4 Å². The van der Waals surface area contributed by atoms with E-state index in [2.05, 4.69) is 5.32 Å². The summed E-state index contributed by atoms with van der Waals surface area (Å²) in [6.07, 6.45) is -0.0679. The second-order valence-corrected chi connectivity index (χ2v) is 5.84. The van der Waals surface area contributed by atoms with Crippen molar-refractivity contribution in [2.45, 2.75) is 6.42 Å². The highest BCUT2D eigenvalue weighted by molar-refractivity contribution is 8.14. The van der Waals surface area contributed by atoms with E-state index in [9.17, 15) is 23.6 Å². The Kier molecular flexibility index (Phi) is 6.30. The van der Waals surface area contributed by atoms with Crippen molar-refractivity contribution in [3.8, 4) is 0 Å². The molecule has 9 heteroatoms. The quantitative estimate of drug-likeness (QED) is 0.726. The molecule has 1 saturated heterocycles. The van der Waals surface area contributed by atoms with Gasteiger partial charge in [0.15, 0.2) is 6.61 Å². The Labute approximate surface area is 141 Å². The molecular weight excluding hydrogens is 339 g/mol. The van der Waals surface area contributed by atoms with Crippen molar-refractivity contribution in [3.05, 3.63) is 35.6 Å². The third-order valence-electron chi connectivity index (χ3n) is 3.12. The van der Waals surface area contributed by atoms with Crippen molar-refractivity contribution in [2.24, 2.45) is 0 Å². The normalized spacial score (nSPS) is 14.0. The number of rotatable bonds is 7. The van der Waals surface area contributed by atoms with Crippen LogP contribution in [0.4, 0.5) is 9.18 Å². The predicted molar refractivity (Wildman–Crippen MR) is 83.6 cm³/mol. The van der Waals surface area contributed by atoms with Gasteiger partial charge < -0.3 is 10.1 Å². The summed E-state index contributed by atoms with van der Waals surface area (Å²) in [5.74, 6) is -1.72. The van der Waals surface area contributed by atoms with Gasteiger partial charge in [-0.2, -0.15) is 0 Å². The summed E-state index contributed by atoms with van der Waals surface area (Å²) in [5.41, 5.74) is 0.574. The summed E-state index contributed by atoms with van der Waals surface area (Å²) in [4.78, 5) is 46.9. The number of imide groups is 1. The first kappa shape index (κ1) is 17.9. The summed E-state index contributed by atoms with van der Waals surface area (Å²) in [7, 11) is 0. The average molecular weight is 354 g/mol. The van der Waals surface area contributed by atoms with Gasteiger partial charge in [0, 0.05) is 13.1 Å². The maximum atomic E-state index is 12.7. The Bertz CT molecular complexity index is 634. The van der Waals surface area contributed by atoms with E-state index >= 15 is 0 Å². The highest BCUT2D eigenvalue weighted by Gasteiger charge is 2.29. The van der Waals surface area contributed by atoms with Crippen LogP contribution in [0, 0.1) is 5.82 Å². The molecule has 24 heavy (non-hydrogen) atoms. The maximum Gasteiger partial charge on any atom is 0.310 e. The van der Waals surface area contributed by atoms with Crippen LogP contribution in [0.15, 0.2) is 24.3 Å². The van der Waals surface area contributed by atoms with Crippen LogP contribution in [0.2, 0.25) is 0 Å². The van der Waals surface area contributed by atoms with Gasteiger partial charge in [-0.15, -0.1) is 0 Å². The van der Waals surface area contributed by atoms with Crippen LogP contribution >= 0.6 is 11.8 Å². The van der Waals surface area contributed by atoms with E-state index in [1.54, 1.807) is 0 Å². The van der Waals surface area contributed by atoms with E-state index in [1.807, 2.05) is 0 Å². The minimum absolute atomic E-state index is 0.0679. The van der Waals surface area contributed by atoms with Crippen LogP contribution in [0.25, 0.3) is 0 Å². The van der Waals surface area contributed by atoms with Crippen LogP contribution in [-0.4, -0.2) is 53.4 Å². The number of carbonyl (C=O) groups is 4. The molecule has 0 saturated carbocycles. The molecule has 1 heterocycles. The SMILES string of the molecule is O=C(COC(=O)Cc1ccc(F)cc1)NCCN1C(=O)CSC1=O. The third kappa shape index (κ3) is 5.34. The molecule has 1 aromatic carbocycles. The van der Waals surface area contributed by atoms with Gasteiger partial charge in [-0.25, -0.2) is 4.39 Å². The van der Waals surface area contributed by atoms with Crippen molar-refractivity contribution in [3.63, 3.8) is 0 Å². The smallest absolute Gasteiger partial charge is 0.310 e. The van der Waals surface area contributed by atoms with Gasteiger partial charge in [0.2, 0.25) is 5.91 Å². The molecule has 1 aliphatic rings. The van der Waals surface area contributed by atoms with Crippen LogP contribution in [0.5, 0.6) is 0 Å². The average Bonchev–Trinajstić information content (AvgIpc) is 2.87. The number of nitrogens with one attached hydrogen (secondary N) is 1. The molecule has 0 atom stereocenters. The topological polar surface area (TPSA) is 92.8 Å². The summed E-state index contributed by atoms with van der Waals surface area (Å²) < 4.78 is 17.5. The number of ether oxygens (including phenoxy) is 1. The fourth-order valence-corrected chi connectivity index (χ4v) is 2.67. The highest BCUT2D eigenvalue weighted by Crippen LogP contribution is 2.17. The fraction of sp³-hybridized carbons (Fsp3) is 0.333. The maximum absolute atomic E-state index is 12.7. The van der Waals surface area contributed by atoms with E-state index < -0.39 is 24.3 Å². The van der Waals surface area contributed by atoms with Crippen LogP contribution in [0.3, 0.4) is 0 Å². The molecule has 3 amide bonds. The van der Waals surface area contributed by atoms with E-state index in [0.717, 1.165) is 16.7 Å². The molecule has 1 aromatic rings. The van der Waals surface area contributed by atoms with Gasteiger partial charge in [0.1, 0.15) is 5.82 Å². The molecule has 0 radical (unpaired) electrons. The number of thioether (sulfide) groups is 1. The number of amides is 3. The minimum Gasteiger partial charge on any atom is -0.455 e. The second-order valence-electron chi connectivity index (χ2n) is 4.91. The van der Waals surface area contributed by atoms with Crippen molar-refractivity contribution < 1.29 is 28.3 Å². The first-order chi connectivity index (χ1) is 11.5. The highest BCUT2D eigenvalue weighted by atomic mass is 32.2. The molecule has 0 spiro atoms.